The second kappa shape index (κ2) is 13.0. The topological polar surface area (TPSA) is 105 Å². The molecule has 3 N–H and O–H groups in total. The Morgan fingerprint density at radius 2 is 1.73 bits per heavy atom. The molecule has 2 heterocycles. The van der Waals surface area contributed by atoms with Crippen LogP contribution in [0.4, 0.5) is 4.79 Å². The predicted octanol–water partition coefficient (Wildman–Crippen LogP) is 5.08. The van der Waals surface area contributed by atoms with E-state index in [0.717, 1.165) is 34.3 Å². The number of benzene rings is 3. The highest BCUT2D eigenvalue weighted by molar-refractivity contribution is 6.31. The molecule has 0 fully saturated rings. The van der Waals surface area contributed by atoms with Gasteiger partial charge in [0.15, 0.2) is 6.61 Å². The Morgan fingerprint density at radius 1 is 1.00 bits per heavy atom. The molecule has 1 unspecified atom stereocenters. The Labute approximate surface area is 243 Å². The van der Waals surface area contributed by atoms with Crippen LogP contribution in [0.1, 0.15) is 29.8 Å². The summed E-state index contributed by atoms with van der Waals surface area (Å²) in [4.78, 5) is 30.9. The van der Waals surface area contributed by atoms with Crippen LogP contribution in [-0.2, 0) is 11.2 Å². The van der Waals surface area contributed by atoms with Crippen molar-refractivity contribution in [3.8, 4) is 17.2 Å². The number of hydrogen-bond donors (Lipinski definition) is 3. The fraction of sp³-hybridized carbons (Fsp3) is 0.290. The SMILES string of the molecule is CCNCCNC(=O)COc1ccc(C2c3[nH]c4ccc(Cl)cc4c3CCN2C(=O)Oc2ccc(OC)cc2)cc1. The summed E-state index contributed by atoms with van der Waals surface area (Å²) in [5.74, 6) is 1.47. The van der Waals surface area contributed by atoms with E-state index in [2.05, 4.69) is 15.6 Å². The van der Waals surface area contributed by atoms with E-state index in [0.29, 0.717) is 48.3 Å². The van der Waals surface area contributed by atoms with Gasteiger partial charge in [0.2, 0.25) is 0 Å². The molecule has 0 saturated carbocycles. The van der Waals surface area contributed by atoms with Crippen molar-refractivity contribution < 1.29 is 23.8 Å². The van der Waals surface area contributed by atoms with Gasteiger partial charge in [-0.15, -0.1) is 0 Å². The lowest BCUT2D eigenvalue weighted by atomic mass is 9.92. The van der Waals surface area contributed by atoms with Gasteiger partial charge in [0.25, 0.3) is 5.91 Å². The Morgan fingerprint density at radius 3 is 2.46 bits per heavy atom. The summed E-state index contributed by atoms with van der Waals surface area (Å²) >= 11 is 6.32. The quantitative estimate of drug-likeness (QED) is 0.227. The summed E-state index contributed by atoms with van der Waals surface area (Å²) in [5, 5.41) is 7.67. The maximum absolute atomic E-state index is 13.5. The van der Waals surface area contributed by atoms with E-state index in [1.54, 1.807) is 36.3 Å². The van der Waals surface area contributed by atoms with Crippen molar-refractivity contribution in [2.45, 2.75) is 19.4 Å². The zero-order valence-electron chi connectivity index (χ0n) is 23.0. The molecule has 0 aliphatic carbocycles. The van der Waals surface area contributed by atoms with E-state index in [-0.39, 0.29) is 12.5 Å². The molecule has 3 aromatic carbocycles. The number of halogens is 1. The molecule has 0 bridgehead atoms. The molecule has 0 saturated heterocycles. The first-order valence-corrected chi connectivity index (χ1v) is 14.0. The van der Waals surface area contributed by atoms with Gasteiger partial charge in [-0.05, 0) is 78.7 Å². The summed E-state index contributed by atoms with van der Waals surface area (Å²) in [6.07, 6.45) is 0.186. The summed E-state index contributed by atoms with van der Waals surface area (Å²) in [6, 6.07) is 19.6. The van der Waals surface area contributed by atoms with Gasteiger partial charge in [0.05, 0.1) is 7.11 Å². The van der Waals surface area contributed by atoms with Crippen LogP contribution in [0.5, 0.6) is 17.2 Å². The number of H-pyrrole nitrogens is 1. The first-order valence-electron chi connectivity index (χ1n) is 13.6. The first kappa shape index (κ1) is 28.3. The molecule has 1 atom stereocenters. The Hall–Kier alpha value is -4.21. The lowest BCUT2D eigenvalue weighted by molar-refractivity contribution is -0.123. The summed E-state index contributed by atoms with van der Waals surface area (Å²) in [6.45, 7) is 4.48. The van der Waals surface area contributed by atoms with E-state index in [9.17, 15) is 9.59 Å². The number of likely N-dealkylation sites (N-methyl/N-ethyl adjacent to an activating group) is 1. The van der Waals surface area contributed by atoms with Gasteiger partial charge >= 0.3 is 6.09 Å². The average molecular weight is 577 g/mol. The largest absolute Gasteiger partial charge is 0.497 e. The summed E-state index contributed by atoms with van der Waals surface area (Å²) < 4.78 is 16.7. The van der Waals surface area contributed by atoms with Crippen LogP contribution in [0.25, 0.3) is 10.9 Å². The summed E-state index contributed by atoms with van der Waals surface area (Å²) in [7, 11) is 1.59. The highest BCUT2D eigenvalue weighted by Crippen LogP contribution is 2.40. The van der Waals surface area contributed by atoms with Crippen molar-refractivity contribution in [2.24, 2.45) is 0 Å². The van der Waals surface area contributed by atoms with Crippen LogP contribution < -0.4 is 24.8 Å². The number of carbonyl (C=O) groups is 2. The van der Waals surface area contributed by atoms with E-state index >= 15 is 0 Å². The fourth-order valence-electron chi connectivity index (χ4n) is 5.02. The fourth-order valence-corrected chi connectivity index (χ4v) is 5.19. The average Bonchev–Trinajstić information content (AvgIpc) is 3.36. The van der Waals surface area contributed by atoms with Gasteiger partial charge in [0.1, 0.15) is 23.3 Å². The first-order chi connectivity index (χ1) is 20.0. The number of nitrogens with one attached hydrogen (secondary N) is 3. The molecule has 0 spiro atoms. The summed E-state index contributed by atoms with van der Waals surface area (Å²) in [5.41, 5.74) is 3.86. The highest BCUT2D eigenvalue weighted by atomic mass is 35.5. The standard InChI is InChI=1S/C31H33ClN4O5/c1-3-33-15-16-34-28(37)19-40-23-7-4-20(5-8-23)30-29-25(26-18-21(32)6-13-27(26)35-29)14-17-36(30)31(38)41-24-11-9-22(39-2)10-12-24/h4-13,18,30,33,35H,3,14-17,19H2,1-2H3,(H,34,37). The lowest BCUT2D eigenvalue weighted by Gasteiger charge is -2.35. The third-order valence-electron chi connectivity index (χ3n) is 7.03. The van der Waals surface area contributed by atoms with Crippen LogP contribution in [0, 0.1) is 0 Å². The molecular formula is C31H33ClN4O5. The number of ether oxygens (including phenoxy) is 3. The normalized spacial score (nSPS) is 14.4. The molecule has 41 heavy (non-hydrogen) atoms. The Bertz CT molecular complexity index is 1500. The van der Waals surface area contributed by atoms with Crippen LogP contribution in [-0.4, -0.2) is 61.8 Å². The highest BCUT2D eigenvalue weighted by Gasteiger charge is 2.35. The molecule has 1 aromatic heterocycles. The number of fused-ring (bicyclic) bond motifs is 3. The number of aromatic nitrogens is 1. The van der Waals surface area contributed by atoms with Gasteiger partial charge in [-0.1, -0.05) is 30.7 Å². The maximum Gasteiger partial charge on any atom is 0.416 e. The monoisotopic (exact) mass is 576 g/mol. The zero-order valence-corrected chi connectivity index (χ0v) is 23.8. The number of nitrogens with zero attached hydrogens (tertiary/aromatic N) is 1. The van der Waals surface area contributed by atoms with E-state index < -0.39 is 12.1 Å². The minimum absolute atomic E-state index is 0.0812. The number of methoxy groups -OCH3 is 1. The third kappa shape index (κ3) is 6.58. The molecule has 1 aliphatic heterocycles. The maximum atomic E-state index is 13.5. The Balaban J connectivity index is 1.38. The molecule has 0 radical (unpaired) electrons. The molecule has 2 amide bonds. The minimum Gasteiger partial charge on any atom is -0.497 e. The van der Waals surface area contributed by atoms with Gasteiger partial charge in [0, 0.05) is 41.3 Å². The lowest BCUT2D eigenvalue weighted by Crippen LogP contribution is -2.42. The van der Waals surface area contributed by atoms with Gasteiger partial charge in [-0.2, -0.15) is 0 Å². The molecule has 5 rings (SSSR count). The van der Waals surface area contributed by atoms with E-state index in [1.807, 2.05) is 49.4 Å². The number of aromatic amines is 1. The number of rotatable bonds is 10. The van der Waals surface area contributed by atoms with Crippen molar-refractivity contribution >= 4 is 34.5 Å². The van der Waals surface area contributed by atoms with Gasteiger partial charge in [-0.25, -0.2) is 4.79 Å². The Kier molecular flexibility index (Phi) is 8.96. The van der Waals surface area contributed by atoms with E-state index in [1.165, 1.54) is 0 Å². The number of carbonyl (C=O) groups excluding carboxylic acids is 2. The van der Waals surface area contributed by atoms with Crippen LogP contribution in [0.3, 0.4) is 0 Å². The molecule has 214 valence electrons. The predicted molar refractivity (Wildman–Crippen MR) is 158 cm³/mol. The molecule has 1 aliphatic rings. The van der Waals surface area contributed by atoms with Crippen LogP contribution in [0.15, 0.2) is 66.7 Å². The second-order valence-corrected chi connectivity index (χ2v) is 10.1. The van der Waals surface area contributed by atoms with Crippen LogP contribution >= 0.6 is 11.6 Å². The van der Waals surface area contributed by atoms with E-state index in [4.69, 9.17) is 25.8 Å². The van der Waals surface area contributed by atoms with Crippen molar-refractivity contribution in [2.75, 3.05) is 39.9 Å². The van der Waals surface area contributed by atoms with Crippen molar-refractivity contribution in [1.29, 1.82) is 0 Å². The van der Waals surface area contributed by atoms with Crippen molar-refractivity contribution in [1.82, 2.24) is 20.5 Å². The second-order valence-electron chi connectivity index (χ2n) is 9.66. The molecule has 4 aromatic rings. The smallest absolute Gasteiger partial charge is 0.416 e. The van der Waals surface area contributed by atoms with Crippen molar-refractivity contribution in [3.63, 3.8) is 0 Å². The molecular weight excluding hydrogens is 544 g/mol. The minimum atomic E-state index is -0.461. The third-order valence-corrected chi connectivity index (χ3v) is 7.26. The number of amides is 2. The number of hydrogen-bond acceptors (Lipinski definition) is 6. The van der Waals surface area contributed by atoms with Crippen LogP contribution in [0.2, 0.25) is 5.02 Å². The van der Waals surface area contributed by atoms with Gasteiger partial charge in [-0.3, -0.25) is 9.69 Å². The van der Waals surface area contributed by atoms with Gasteiger partial charge < -0.3 is 29.8 Å². The molecule has 10 heteroatoms. The van der Waals surface area contributed by atoms with Crippen molar-refractivity contribution in [3.05, 3.63) is 88.6 Å². The zero-order chi connectivity index (χ0) is 28.8. The molecule has 9 nitrogen and oxygen atoms in total.